The first kappa shape index (κ1) is 35.0. The van der Waals surface area contributed by atoms with E-state index in [1.54, 1.807) is 0 Å². The Morgan fingerprint density at radius 2 is 1.14 bits per heavy atom. The maximum Gasteiger partial charge on any atom is 0.472 e. The van der Waals surface area contributed by atoms with E-state index in [2.05, 4.69) is 11.8 Å². The quantitative estimate of drug-likeness (QED) is 0.0393. The number of ether oxygens (including phenoxy) is 1. The van der Waals surface area contributed by atoms with Crippen molar-refractivity contribution in [3.63, 3.8) is 0 Å². The highest BCUT2D eigenvalue weighted by Crippen LogP contribution is 2.43. The van der Waals surface area contributed by atoms with E-state index in [1.807, 2.05) is 21.1 Å². The van der Waals surface area contributed by atoms with Gasteiger partial charge in [-0.15, -0.1) is 0 Å². The lowest BCUT2D eigenvalue weighted by molar-refractivity contribution is -0.870. The smallest absolute Gasteiger partial charge is 0.379 e. The monoisotopic (exact) mass is 526 g/mol. The number of rotatable bonds is 27. The fourth-order valence-corrected chi connectivity index (χ4v) is 4.46. The third kappa shape index (κ3) is 26.8. The molecule has 0 bridgehead atoms. The molecule has 0 rings (SSSR count). The molecule has 0 aliphatic heterocycles. The van der Waals surface area contributed by atoms with Gasteiger partial charge in [-0.2, -0.15) is 0 Å². The maximum absolute atomic E-state index is 11.9. The molecule has 0 saturated carbocycles. The van der Waals surface area contributed by atoms with E-state index in [1.165, 1.54) is 89.9 Å². The van der Waals surface area contributed by atoms with Gasteiger partial charge in [-0.3, -0.25) is 14.3 Å². The first-order chi connectivity index (χ1) is 16.7. The van der Waals surface area contributed by atoms with Crippen molar-refractivity contribution in [2.24, 2.45) is 0 Å². The largest absolute Gasteiger partial charge is 0.472 e. The van der Waals surface area contributed by atoms with Crippen LogP contribution >= 0.6 is 7.82 Å². The van der Waals surface area contributed by atoms with Gasteiger partial charge < -0.3 is 14.1 Å². The number of hydrogen-bond donors (Lipinski definition) is 2. The molecule has 0 heterocycles. The van der Waals surface area contributed by atoms with Crippen molar-refractivity contribution < 1.29 is 37.9 Å². The number of phosphoric ester groups is 1. The van der Waals surface area contributed by atoms with Gasteiger partial charge in [0, 0.05) is 6.61 Å². The maximum atomic E-state index is 11.9. The summed E-state index contributed by atoms with van der Waals surface area (Å²) >= 11 is 0. The van der Waals surface area contributed by atoms with Crippen molar-refractivity contribution in [1.82, 2.24) is 0 Å². The normalized spacial score (nSPS) is 14.8. The molecule has 0 aromatic rings. The molecule has 0 radical (unpaired) electrons. The van der Waals surface area contributed by atoms with E-state index < -0.39 is 13.9 Å². The lowest BCUT2D eigenvalue weighted by Crippen LogP contribution is -2.37. The third-order valence-corrected chi connectivity index (χ3v) is 7.02. The molecule has 0 unspecified atom stereocenters. The van der Waals surface area contributed by atoms with Crippen molar-refractivity contribution >= 4 is 7.82 Å². The third-order valence-electron chi connectivity index (χ3n) is 6.04. The van der Waals surface area contributed by atoms with Gasteiger partial charge in [0.2, 0.25) is 0 Å². The molecular formula is C26H57NO7P+. The average Bonchev–Trinajstić information content (AvgIpc) is 2.79. The summed E-state index contributed by atoms with van der Waals surface area (Å²) in [5, 5.41) is 8.97. The Bertz CT molecular complexity index is 503. The van der Waals surface area contributed by atoms with Crippen LogP contribution in [0, 0.1) is 0 Å². The SMILES string of the molecule is CCCCCCCCCCCCCCCCCCOC[C@H](CO[P@@](=O)(O)OCC[N+](C)(C)C)OO. The molecule has 0 aliphatic rings. The molecular weight excluding hydrogens is 469 g/mol. The second-order valence-electron chi connectivity index (χ2n) is 10.7. The minimum absolute atomic E-state index is 0.0914. The molecule has 0 aromatic heterocycles. The Kier molecular flexibility index (Phi) is 23.1. The summed E-state index contributed by atoms with van der Waals surface area (Å²) in [7, 11) is 1.69. The molecule has 0 spiro atoms. The zero-order valence-electron chi connectivity index (χ0n) is 23.3. The van der Waals surface area contributed by atoms with Gasteiger partial charge >= 0.3 is 7.82 Å². The summed E-state index contributed by atoms with van der Waals surface area (Å²) in [6.07, 6.45) is 20.3. The van der Waals surface area contributed by atoms with Crippen LogP contribution in [0.3, 0.4) is 0 Å². The van der Waals surface area contributed by atoms with E-state index in [-0.39, 0.29) is 19.8 Å². The lowest BCUT2D eigenvalue weighted by Gasteiger charge is -2.24. The number of quaternary nitrogens is 1. The molecule has 0 aromatic carbocycles. The highest BCUT2D eigenvalue weighted by molar-refractivity contribution is 7.47. The molecule has 0 saturated heterocycles. The number of nitrogens with zero attached hydrogens (tertiary/aromatic N) is 1. The molecule has 8 nitrogen and oxygen atoms in total. The Morgan fingerprint density at radius 3 is 1.57 bits per heavy atom. The van der Waals surface area contributed by atoms with Crippen molar-refractivity contribution in [1.29, 1.82) is 0 Å². The second kappa shape index (κ2) is 23.1. The van der Waals surface area contributed by atoms with E-state index in [9.17, 15) is 9.46 Å². The molecule has 0 fully saturated rings. The summed E-state index contributed by atoms with van der Waals surface area (Å²) < 4.78 is 27.9. The Morgan fingerprint density at radius 1 is 0.686 bits per heavy atom. The van der Waals surface area contributed by atoms with Crippen molar-refractivity contribution in [2.45, 2.75) is 116 Å². The van der Waals surface area contributed by atoms with Crippen LogP contribution in [0.15, 0.2) is 0 Å². The second-order valence-corrected chi connectivity index (χ2v) is 12.2. The van der Waals surface area contributed by atoms with Gasteiger partial charge in [-0.05, 0) is 6.42 Å². The van der Waals surface area contributed by atoms with Gasteiger partial charge in [-0.1, -0.05) is 103 Å². The predicted molar refractivity (Wildman–Crippen MR) is 142 cm³/mol. The number of hydrogen-bond acceptors (Lipinski definition) is 6. The minimum Gasteiger partial charge on any atom is -0.379 e. The van der Waals surface area contributed by atoms with Crippen LogP contribution in [0.5, 0.6) is 0 Å². The highest BCUT2D eigenvalue weighted by atomic mass is 31.2. The van der Waals surface area contributed by atoms with Crippen LogP contribution in [0.25, 0.3) is 0 Å². The van der Waals surface area contributed by atoms with Gasteiger partial charge in [0.1, 0.15) is 19.3 Å². The van der Waals surface area contributed by atoms with Gasteiger partial charge in [0.15, 0.2) is 0 Å². The highest BCUT2D eigenvalue weighted by Gasteiger charge is 2.25. The Hall–Kier alpha value is -0.0500. The molecule has 2 N–H and O–H groups in total. The van der Waals surface area contributed by atoms with Crippen LogP contribution < -0.4 is 0 Å². The molecule has 2 atom stereocenters. The zero-order valence-corrected chi connectivity index (χ0v) is 24.2. The summed E-state index contributed by atoms with van der Waals surface area (Å²) in [6.45, 7) is 3.30. The standard InChI is InChI=1S/C26H56NO7P/c1-5-6-7-8-9-10-11-12-13-14-15-16-17-18-19-20-22-31-24-26(34-28)25-33-35(29,30)32-23-21-27(2,3)4/h26H,5-25H2,1-4H3,(H-,28,29,30)/p+1/t26-/m1/s1. The molecule has 9 heteroatoms. The first-order valence-corrected chi connectivity index (χ1v) is 15.5. The summed E-state index contributed by atoms with van der Waals surface area (Å²) in [5.41, 5.74) is 0. The number of unbranched alkanes of at least 4 members (excludes halogenated alkanes) is 15. The summed E-state index contributed by atoms with van der Waals surface area (Å²) in [6, 6.07) is 0. The van der Waals surface area contributed by atoms with Crippen LogP contribution in [-0.4, -0.2) is 74.9 Å². The predicted octanol–water partition coefficient (Wildman–Crippen LogP) is 6.96. The van der Waals surface area contributed by atoms with Crippen molar-refractivity contribution in [2.75, 3.05) is 54.1 Å². The number of likely N-dealkylation sites (N-methyl/N-ethyl adjacent to an activating group) is 1. The Labute approximate surface area is 215 Å². The van der Waals surface area contributed by atoms with Crippen LogP contribution in [0.1, 0.15) is 110 Å². The van der Waals surface area contributed by atoms with Crippen molar-refractivity contribution in [3.05, 3.63) is 0 Å². The van der Waals surface area contributed by atoms with Crippen LogP contribution in [-0.2, 0) is 23.2 Å². The Balaban J connectivity index is 3.49. The van der Waals surface area contributed by atoms with Crippen molar-refractivity contribution in [3.8, 4) is 0 Å². The van der Waals surface area contributed by atoms with E-state index in [0.717, 1.165) is 12.8 Å². The van der Waals surface area contributed by atoms with Gasteiger partial charge in [0.25, 0.3) is 0 Å². The molecule has 35 heavy (non-hydrogen) atoms. The fraction of sp³-hybridized carbons (Fsp3) is 1.00. The van der Waals surface area contributed by atoms with E-state index in [0.29, 0.717) is 17.6 Å². The van der Waals surface area contributed by atoms with Crippen LogP contribution in [0.2, 0.25) is 0 Å². The minimum atomic E-state index is -4.18. The molecule has 212 valence electrons. The average molecular weight is 527 g/mol. The summed E-state index contributed by atoms with van der Waals surface area (Å²) in [4.78, 5) is 14.0. The van der Waals surface area contributed by atoms with E-state index >= 15 is 0 Å². The molecule has 0 aliphatic carbocycles. The summed E-state index contributed by atoms with van der Waals surface area (Å²) in [5.74, 6) is 0. The number of phosphoric acid groups is 1. The van der Waals surface area contributed by atoms with Gasteiger partial charge in [-0.25, -0.2) is 9.45 Å². The molecule has 0 amide bonds. The fourth-order valence-electron chi connectivity index (χ4n) is 3.72. The topological polar surface area (TPSA) is 94.5 Å². The van der Waals surface area contributed by atoms with Gasteiger partial charge in [0.05, 0.1) is 34.4 Å². The van der Waals surface area contributed by atoms with E-state index in [4.69, 9.17) is 19.0 Å². The first-order valence-electron chi connectivity index (χ1n) is 14.0. The van der Waals surface area contributed by atoms with Crippen LogP contribution in [0.4, 0.5) is 0 Å². The zero-order chi connectivity index (χ0) is 26.3. The lowest BCUT2D eigenvalue weighted by atomic mass is 10.0.